The van der Waals surface area contributed by atoms with Gasteiger partial charge in [-0.15, -0.1) is 0 Å². The summed E-state index contributed by atoms with van der Waals surface area (Å²) < 4.78 is 5.38. The van der Waals surface area contributed by atoms with Gasteiger partial charge in [-0.25, -0.2) is 10.1 Å². The van der Waals surface area contributed by atoms with Gasteiger partial charge in [0.1, 0.15) is 6.61 Å². The van der Waals surface area contributed by atoms with E-state index in [4.69, 9.17) is 16.3 Å². The summed E-state index contributed by atoms with van der Waals surface area (Å²) >= 11 is 6.41. The molecule has 4 rings (SSSR count). The van der Waals surface area contributed by atoms with Crippen molar-refractivity contribution in [1.82, 2.24) is 15.2 Å². The molecule has 0 bridgehead atoms. The van der Waals surface area contributed by atoms with Crippen LogP contribution in [0.4, 0.5) is 0 Å². The molecular formula is C21H16ClN3O3. The van der Waals surface area contributed by atoms with Gasteiger partial charge in [0.2, 0.25) is 0 Å². The standard InChI is InChI=1S/C21H16ClN3O3/c1-12-13-6-4-5-9-16(13)23-18(20(12)22)11-28-19(26)10-17-14-7-2-3-8-15(14)21(27)25-24-17/h2-9H,10-11H2,1H3,(H,25,27). The van der Waals surface area contributed by atoms with Gasteiger partial charge in [-0.2, -0.15) is 5.10 Å². The average Bonchev–Trinajstić information content (AvgIpc) is 2.72. The number of nitrogens with one attached hydrogen (secondary N) is 1. The second-order valence-electron chi connectivity index (χ2n) is 6.40. The number of hydrogen-bond acceptors (Lipinski definition) is 5. The molecule has 2 aromatic heterocycles. The minimum atomic E-state index is -0.478. The fraction of sp³-hybridized carbons (Fsp3) is 0.143. The Hall–Kier alpha value is -3.25. The van der Waals surface area contributed by atoms with E-state index in [2.05, 4.69) is 15.2 Å². The molecule has 0 unspecified atom stereocenters. The van der Waals surface area contributed by atoms with Gasteiger partial charge in [-0.1, -0.05) is 48.0 Å². The van der Waals surface area contributed by atoms with Crippen LogP contribution in [-0.4, -0.2) is 21.2 Å². The van der Waals surface area contributed by atoms with Crippen LogP contribution in [0.2, 0.25) is 5.02 Å². The van der Waals surface area contributed by atoms with E-state index in [0.29, 0.717) is 27.2 Å². The van der Waals surface area contributed by atoms with Crippen molar-refractivity contribution in [3.05, 3.63) is 80.9 Å². The SMILES string of the molecule is Cc1c(Cl)c(COC(=O)Cc2n[nH]c(=O)c3ccccc23)nc2ccccc12. The first-order valence-electron chi connectivity index (χ1n) is 8.70. The highest BCUT2D eigenvalue weighted by Crippen LogP contribution is 2.27. The van der Waals surface area contributed by atoms with Crippen LogP contribution in [0.1, 0.15) is 17.0 Å². The molecule has 6 nitrogen and oxygen atoms in total. The number of carbonyl (C=O) groups is 1. The van der Waals surface area contributed by atoms with Gasteiger partial charge in [0.15, 0.2) is 0 Å². The molecule has 0 radical (unpaired) electrons. The Balaban J connectivity index is 1.55. The highest BCUT2D eigenvalue weighted by molar-refractivity contribution is 6.32. The van der Waals surface area contributed by atoms with Gasteiger partial charge < -0.3 is 4.74 Å². The van der Waals surface area contributed by atoms with E-state index in [0.717, 1.165) is 16.5 Å². The summed E-state index contributed by atoms with van der Waals surface area (Å²) in [5.74, 6) is -0.478. The molecule has 0 atom stereocenters. The summed E-state index contributed by atoms with van der Waals surface area (Å²) in [6.07, 6.45) is -0.0680. The number of H-pyrrole nitrogens is 1. The Morgan fingerprint density at radius 2 is 1.71 bits per heavy atom. The molecular weight excluding hydrogens is 378 g/mol. The number of hydrogen-bond donors (Lipinski definition) is 1. The van der Waals surface area contributed by atoms with Crippen LogP contribution in [0.5, 0.6) is 0 Å². The molecule has 1 N–H and O–H groups in total. The van der Waals surface area contributed by atoms with Crippen molar-refractivity contribution in [3.8, 4) is 0 Å². The van der Waals surface area contributed by atoms with Gasteiger partial charge in [-0.05, 0) is 24.6 Å². The maximum absolute atomic E-state index is 12.3. The first-order valence-corrected chi connectivity index (χ1v) is 9.08. The van der Waals surface area contributed by atoms with E-state index < -0.39 is 5.97 Å². The predicted octanol–water partition coefficient (Wildman–Crippen LogP) is 3.72. The van der Waals surface area contributed by atoms with Crippen LogP contribution in [0, 0.1) is 6.92 Å². The average molecular weight is 394 g/mol. The minimum absolute atomic E-state index is 0.0371. The number of aryl methyl sites for hydroxylation is 1. The number of aromatic amines is 1. The first-order chi connectivity index (χ1) is 13.5. The Kier molecular flexibility index (Phi) is 4.79. The molecule has 140 valence electrons. The smallest absolute Gasteiger partial charge is 0.312 e. The van der Waals surface area contributed by atoms with Gasteiger partial charge >= 0.3 is 5.97 Å². The Morgan fingerprint density at radius 3 is 2.50 bits per heavy atom. The van der Waals surface area contributed by atoms with E-state index in [-0.39, 0.29) is 18.6 Å². The van der Waals surface area contributed by atoms with Crippen molar-refractivity contribution in [2.45, 2.75) is 20.0 Å². The van der Waals surface area contributed by atoms with Crippen LogP contribution < -0.4 is 5.56 Å². The highest BCUT2D eigenvalue weighted by atomic mass is 35.5. The number of nitrogens with zero attached hydrogens (tertiary/aromatic N) is 2. The molecule has 0 amide bonds. The molecule has 0 fully saturated rings. The molecule has 0 aliphatic rings. The summed E-state index contributed by atoms with van der Waals surface area (Å²) in [5.41, 5.74) is 2.35. The topological polar surface area (TPSA) is 84.9 Å². The largest absolute Gasteiger partial charge is 0.459 e. The second kappa shape index (κ2) is 7.40. The highest BCUT2D eigenvalue weighted by Gasteiger charge is 2.15. The van der Waals surface area contributed by atoms with Crippen LogP contribution >= 0.6 is 11.6 Å². The molecule has 28 heavy (non-hydrogen) atoms. The van der Waals surface area contributed by atoms with Gasteiger partial charge in [0.05, 0.1) is 33.7 Å². The Bertz CT molecular complexity index is 1270. The number of aromatic nitrogens is 3. The molecule has 7 heteroatoms. The number of ether oxygens (including phenoxy) is 1. The van der Waals surface area contributed by atoms with E-state index in [1.165, 1.54) is 0 Å². The third-order valence-electron chi connectivity index (χ3n) is 4.60. The third kappa shape index (κ3) is 3.34. The summed E-state index contributed by atoms with van der Waals surface area (Å²) in [7, 11) is 0. The van der Waals surface area contributed by atoms with E-state index in [9.17, 15) is 9.59 Å². The zero-order chi connectivity index (χ0) is 19.7. The van der Waals surface area contributed by atoms with Crippen molar-refractivity contribution < 1.29 is 9.53 Å². The molecule has 0 aliphatic heterocycles. The lowest BCUT2D eigenvalue weighted by Crippen LogP contribution is -2.15. The van der Waals surface area contributed by atoms with Gasteiger partial charge in [-0.3, -0.25) is 9.59 Å². The summed E-state index contributed by atoms with van der Waals surface area (Å²) in [6.45, 7) is 1.87. The number of para-hydroxylation sites is 1. The molecule has 0 spiro atoms. The number of esters is 1. The number of halogens is 1. The normalized spacial score (nSPS) is 11.1. The van der Waals surface area contributed by atoms with E-state index in [1.54, 1.807) is 24.3 Å². The monoisotopic (exact) mass is 393 g/mol. The maximum Gasteiger partial charge on any atom is 0.312 e. The Morgan fingerprint density at radius 1 is 1.04 bits per heavy atom. The van der Waals surface area contributed by atoms with Crippen molar-refractivity contribution in [1.29, 1.82) is 0 Å². The lowest BCUT2D eigenvalue weighted by atomic mass is 10.1. The zero-order valence-corrected chi connectivity index (χ0v) is 15.8. The van der Waals surface area contributed by atoms with Crippen molar-refractivity contribution in [2.75, 3.05) is 0 Å². The molecule has 0 saturated carbocycles. The van der Waals surface area contributed by atoms with Gasteiger partial charge in [0, 0.05) is 10.8 Å². The number of benzene rings is 2. The first kappa shape index (κ1) is 18.1. The molecule has 0 saturated heterocycles. The third-order valence-corrected chi connectivity index (χ3v) is 5.10. The number of pyridine rings is 1. The Labute approximate surface area is 165 Å². The predicted molar refractivity (Wildman–Crippen MR) is 107 cm³/mol. The summed E-state index contributed by atoms with van der Waals surface area (Å²) in [5, 5.41) is 8.96. The summed E-state index contributed by atoms with van der Waals surface area (Å²) in [4.78, 5) is 28.7. The maximum atomic E-state index is 12.3. The number of fused-ring (bicyclic) bond motifs is 2. The summed E-state index contributed by atoms with van der Waals surface area (Å²) in [6, 6.07) is 14.7. The fourth-order valence-electron chi connectivity index (χ4n) is 3.16. The van der Waals surface area contributed by atoms with E-state index >= 15 is 0 Å². The lowest BCUT2D eigenvalue weighted by molar-refractivity contribution is -0.144. The quantitative estimate of drug-likeness (QED) is 0.534. The van der Waals surface area contributed by atoms with Crippen LogP contribution in [-0.2, 0) is 22.6 Å². The molecule has 2 heterocycles. The molecule has 4 aromatic rings. The van der Waals surface area contributed by atoms with Gasteiger partial charge in [0.25, 0.3) is 5.56 Å². The number of carbonyl (C=O) groups excluding carboxylic acids is 1. The van der Waals surface area contributed by atoms with Crippen LogP contribution in [0.15, 0.2) is 53.3 Å². The molecule has 2 aromatic carbocycles. The lowest BCUT2D eigenvalue weighted by Gasteiger charge is -2.11. The van der Waals surface area contributed by atoms with Crippen molar-refractivity contribution in [2.24, 2.45) is 0 Å². The number of rotatable bonds is 4. The minimum Gasteiger partial charge on any atom is -0.459 e. The van der Waals surface area contributed by atoms with Crippen LogP contribution in [0.25, 0.3) is 21.7 Å². The zero-order valence-electron chi connectivity index (χ0n) is 15.0. The van der Waals surface area contributed by atoms with Crippen molar-refractivity contribution in [3.63, 3.8) is 0 Å². The van der Waals surface area contributed by atoms with E-state index in [1.807, 2.05) is 31.2 Å². The molecule has 0 aliphatic carbocycles. The van der Waals surface area contributed by atoms with Crippen LogP contribution in [0.3, 0.4) is 0 Å². The van der Waals surface area contributed by atoms with Crippen molar-refractivity contribution >= 4 is 39.2 Å². The second-order valence-corrected chi connectivity index (χ2v) is 6.78. The fourth-order valence-corrected chi connectivity index (χ4v) is 3.35.